The van der Waals surface area contributed by atoms with Crippen molar-refractivity contribution in [2.75, 3.05) is 25.0 Å². The Morgan fingerprint density at radius 3 is 2.53 bits per heavy atom. The van der Waals surface area contributed by atoms with Crippen LogP contribution in [-0.4, -0.2) is 62.0 Å². The van der Waals surface area contributed by atoms with E-state index in [-0.39, 0.29) is 11.8 Å². The molecule has 2 saturated heterocycles. The average molecular weight is 403 g/mol. The van der Waals surface area contributed by atoms with Gasteiger partial charge in [0.1, 0.15) is 0 Å². The fourth-order valence-corrected chi connectivity index (χ4v) is 4.73. The smallest absolute Gasteiger partial charge is 0.249 e. The SMILES string of the molecule is CCN1C[C@H]2C1CN2Cc1ccc(-c2cccc3nc(NC(=O)C4CC4)nn23)cc1. The Kier molecular flexibility index (Phi) is 4.14. The number of rotatable bonds is 6. The quantitative estimate of drug-likeness (QED) is 0.687. The van der Waals surface area contributed by atoms with Crippen molar-refractivity contribution in [1.82, 2.24) is 24.4 Å². The monoisotopic (exact) mass is 402 g/mol. The van der Waals surface area contributed by atoms with Gasteiger partial charge in [-0.05, 0) is 37.1 Å². The number of hydrogen-bond acceptors (Lipinski definition) is 5. The molecule has 3 aromatic rings. The Balaban J connectivity index is 1.18. The molecule has 1 aromatic carbocycles. The molecule has 7 heteroatoms. The molecule has 2 atom stereocenters. The normalized spacial score (nSPS) is 23.6. The van der Waals surface area contributed by atoms with Gasteiger partial charge in [-0.25, -0.2) is 4.52 Å². The first kappa shape index (κ1) is 18.0. The van der Waals surface area contributed by atoms with Gasteiger partial charge in [0, 0.05) is 43.2 Å². The molecule has 154 valence electrons. The third-order valence-electron chi connectivity index (χ3n) is 6.81. The third-order valence-corrected chi connectivity index (χ3v) is 6.81. The van der Waals surface area contributed by atoms with Crippen molar-refractivity contribution in [3.63, 3.8) is 0 Å². The number of carbonyl (C=O) groups is 1. The topological polar surface area (TPSA) is 65.8 Å². The Bertz CT molecular complexity index is 1100. The summed E-state index contributed by atoms with van der Waals surface area (Å²) in [6.07, 6.45) is 1.93. The van der Waals surface area contributed by atoms with Crippen LogP contribution in [0.25, 0.3) is 16.9 Å². The highest BCUT2D eigenvalue weighted by Crippen LogP contribution is 2.34. The number of nitrogens with one attached hydrogen (secondary N) is 1. The Hall–Kier alpha value is -2.77. The van der Waals surface area contributed by atoms with Crippen molar-refractivity contribution in [3.05, 3.63) is 48.0 Å². The van der Waals surface area contributed by atoms with E-state index in [1.54, 1.807) is 0 Å². The number of amides is 1. The predicted molar refractivity (Wildman–Crippen MR) is 115 cm³/mol. The van der Waals surface area contributed by atoms with Gasteiger partial charge in [-0.1, -0.05) is 37.3 Å². The molecule has 0 bridgehead atoms. The molecule has 1 aliphatic carbocycles. The van der Waals surface area contributed by atoms with Gasteiger partial charge in [0.15, 0.2) is 5.65 Å². The Morgan fingerprint density at radius 1 is 1.07 bits per heavy atom. The zero-order chi connectivity index (χ0) is 20.2. The minimum Gasteiger partial charge on any atom is -0.296 e. The third kappa shape index (κ3) is 3.00. The lowest BCUT2D eigenvalue weighted by molar-refractivity contribution is -0.125. The van der Waals surface area contributed by atoms with E-state index in [0.29, 0.717) is 5.95 Å². The van der Waals surface area contributed by atoms with Crippen LogP contribution in [0, 0.1) is 5.92 Å². The van der Waals surface area contributed by atoms with Crippen molar-refractivity contribution >= 4 is 17.5 Å². The van der Waals surface area contributed by atoms with E-state index in [1.807, 2.05) is 22.7 Å². The number of anilines is 1. The summed E-state index contributed by atoms with van der Waals surface area (Å²) in [4.78, 5) is 21.6. The van der Waals surface area contributed by atoms with Crippen molar-refractivity contribution in [3.8, 4) is 11.3 Å². The van der Waals surface area contributed by atoms with E-state index >= 15 is 0 Å². The molecule has 0 spiro atoms. The molecule has 1 amide bonds. The standard InChI is InChI=1S/C23H26N6O/c1-2-27-13-20-19(27)14-28(20)12-15-6-8-16(9-7-15)18-4-3-5-21-24-23(26-29(18)21)25-22(30)17-10-11-17/h3-9,17,19-20H,2,10-14H2,1H3,(H,25,26,30)/t19?,20-/m0/s1. The first-order valence-corrected chi connectivity index (χ1v) is 10.9. The summed E-state index contributed by atoms with van der Waals surface area (Å²) in [5.74, 6) is 0.541. The van der Waals surface area contributed by atoms with Crippen molar-refractivity contribution in [1.29, 1.82) is 0 Å². The number of hydrogen-bond donors (Lipinski definition) is 1. The second kappa shape index (κ2) is 6.89. The van der Waals surface area contributed by atoms with Crippen LogP contribution in [-0.2, 0) is 11.3 Å². The van der Waals surface area contributed by atoms with Crippen LogP contribution < -0.4 is 5.32 Å². The summed E-state index contributed by atoms with van der Waals surface area (Å²) >= 11 is 0. The highest BCUT2D eigenvalue weighted by molar-refractivity contribution is 5.92. The second-order valence-electron chi connectivity index (χ2n) is 8.73. The number of carbonyl (C=O) groups excluding carboxylic acids is 1. The average Bonchev–Trinajstić information content (AvgIpc) is 3.52. The molecule has 4 heterocycles. The number of nitrogens with zero attached hydrogens (tertiary/aromatic N) is 5. The molecule has 0 radical (unpaired) electrons. The first-order valence-electron chi connectivity index (χ1n) is 10.9. The summed E-state index contributed by atoms with van der Waals surface area (Å²) in [7, 11) is 0. The van der Waals surface area contributed by atoms with Gasteiger partial charge in [-0.15, -0.1) is 5.10 Å². The predicted octanol–water partition coefficient (Wildman–Crippen LogP) is 2.63. The number of benzene rings is 1. The van der Waals surface area contributed by atoms with Gasteiger partial charge in [0.2, 0.25) is 11.9 Å². The van der Waals surface area contributed by atoms with Crippen LogP contribution in [0.1, 0.15) is 25.3 Å². The summed E-state index contributed by atoms with van der Waals surface area (Å²) in [6.45, 7) is 6.84. The highest BCUT2D eigenvalue weighted by atomic mass is 16.2. The van der Waals surface area contributed by atoms with Crippen LogP contribution in [0.4, 0.5) is 5.95 Å². The zero-order valence-corrected chi connectivity index (χ0v) is 17.2. The molecule has 3 aliphatic rings. The van der Waals surface area contributed by atoms with Crippen molar-refractivity contribution in [2.24, 2.45) is 5.92 Å². The fourth-order valence-electron chi connectivity index (χ4n) is 4.73. The van der Waals surface area contributed by atoms with Crippen LogP contribution in [0.3, 0.4) is 0 Å². The van der Waals surface area contributed by atoms with E-state index in [4.69, 9.17) is 0 Å². The first-order chi connectivity index (χ1) is 14.7. The number of likely N-dealkylation sites (N-methyl/N-ethyl adjacent to an activating group) is 1. The van der Waals surface area contributed by atoms with Gasteiger partial charge >= 0.3 is 0 Å². The Labute approximate surface area is 175 Å². The summed E-state index contributed by atoms with van der Waals surface area (Å²) in [5, 5.41) is 7.38. The minimum atomic E-state index is 0.0264. The molecule has 2 aromatic heterocycles. The van der Waals surface area contributed by atoms with Gasteiger partial charge in [-0.3, -0.25) is 19.9 Å². The molecule has 1 N–H and O–H groups in total. The van der Waals surface area contributed by atoms with Crippen LogP contribution >= 0.6 is 0 Å². The number of likely N-dealkylation sites (tertiary alicyclic amines) is 2. The number of piperazine rings is 1. The number of fused-ring (bicyclic) bond motifs is 2. The van der Waals surface area contributed by atoms with E-state index in [0.717, 1.165) is 48.4 Å². The summed E-state index contributed by atoms with van der Waals surface area (Å²) < 4.78 is 1.81. The summed E-state index contributed by atoms with van der Waals surface area (Å²) in [5.41, 5.74) is 4.15. The van der Waals surface area contributed by atoms with Crippen LogP contribution in [0.2, 0.25) is 0 Å². The maximum atomic E-state index is 12.0. The minimum absolute atomic E-state index is 0.0264. The van der Waals surface area contributed by atoms with E-state index < -0.39 is 0 Å². The molecule has 6 rings (SSSR count). The molecular weight excluding hydrogens is 376 g/mol. The van der Waals surface area contributed by atoms with Gasteiger partial charge < -0.3 is 0 Å². The van der Waals surface area contributed by atoms with Gasteiger partial charge in [0.25, 0.3) is 0 Å². The lowest BCUT2D eigenvalue weighted by atomic mass is 9.85. The van der Waals surface area contributed by atoms with E-state index in [9.17, 15) is 4.79 Å². The maximum absolute atomic E-state index is 12.0. The van der Waals surface area contributed by atoms with E-state index in [1.165, 1.54) is 25.2 Å². The molecule has 30 heavy (non-hydrogen) atoms. The van der Waals surface area contributed by atoms with Crippen molar-refractivity contribution < 1.29 is 4.79 Å². The van der Waals surface area contributed by atoms with Crippen LogP contribution in [0.15, 0.2) is 42.5 Å². The molecule has 2 aliphatic heterocycles. The molecule has 3 fully saturated rings. The molecular formula is C23H26N6O. The van der Waals surface area contributed by atoms with E-state index in [2.05, 4.69) is 56.4 Å². The fraction of sp³-hybridized carbons (Fsp3) is 0.435. The number of pyridine rings is 1. The molecule has 7 nitrogen and oxygen atoms in total. The second-order valence-corrected chi connectivity index (χ2v) is 8.73. The molecule has 1 saturated carbocycles. The van der Waals surface area contributed by atoms with Crippen molar-refractivity contribution in [2.45, 2.75) is 38.4 Å². The van der Waals surface area contributed by atoms with Gasteiger partial charge in [-0.2, -0.15) is 4.98 Å². The summed E-state index contributed by atoms with van der Waals surface area (Å²) in [6, 6.07) is 16.2. The lowest BCUT2D eigenvalue weighted by Gasteiger charge is -2.62. The Morgan fingerprint density at radius 2 is 1.83 bits per heavy atom. The van der Waals surface area contributed by atoms with Gasteiger partial charge in [0.05, 0.1) is 5.69 Å². The maximum Gasteiger partial charge on any atom is 0.249 e. The highest BCUT2D eigenvalue weighted by Gasteiger charge is 2.50. The zero-order valence-electron chi connectivity index (χ0n) is 17.2. The lowest BCUT2D eigenvalue weighted by Crippen LogP contribution is -2.78. The van der Waals surface area contributed by atoms with Crippen LogP contribution in [0.5, 0.6) is 0 Å². The number of aromatic nitrogens is 3. The molecule has 1 unspecified atom stereocenters. The largest absolute Gasteiger partial charge is 0.296 e.